The number of aromatic nitrogens is 4. The number of H-pyrrole nitrogens is 1. The maximum Gasteiger partial charge on any atom is 0.353 e. The number of hydrogen-bond acceptors (Lipinski definition) is 5. The summed E-state index contributed by atoms with van der Waals surface area (Å²) in [6.45, 7) is 0. The smallest absolute Gasteiger partial charge is 0.353 e. The molecule has 2 heterocycles. The summed E-state index contributed by atoms with van der Waals surface area (Å²) >= 11 is 0. The van der Waals surface area contributed by atoms with Crippen LogP contribution in [0.3, 0.4) is 0 Å². The summed E-state index contributed by atoms with van der Waals surface area (Å²) < 4.78 is 4.80. The lowest BCUT2D eigenvalue weighted by Gasteiger charge is -1.97. The quantitative estimate of drug-likeness (QED) is 0.784. The molecule has 2 aromatic heterocycles. The minimum Gasteiger partial charge on any atom is -0.477 e. The molecule has 2 aromatic rings. The number of nitrogens with one attached hydrogen (secondary N) is 1. The predicted molar refractivity (Wildman–Crippen MR) is 53.1 cm³/mol. The maximum atomic E-state index is 10.6. The molecular weight excluding hydrogens is 212 g/mol. The highest BCUT2D eigenvalue weighted by Crippen LogP contribution is 2.16. The van der Waals surface area contributed by atoms with Gasteiger partial charge < -0.3 is 9.84 Å². The van der Waals surface area contributed by atoms with E-state index in [1.165, 1.54) is 25.6 Å². The second-order valence-electron chi connectivity index (χ2n) is 2.93. The molecule has 2 N–H and O–H groups in total. The number of aromatic carboxylic acids is 1. The van der Waals surface area contributed by atoms with Crippen LogP contribution in [0, 0.1) is 0 Å². The Morgan fingerprint density at radius 2 is 2.12 bits per heavy atom. The molecule has 0 amide bonds. The summed E-state index contributed by atoms with van der Waals surface area (Å²) in [5.74, 6) is -1.06. The van der Waals surface area contributed by atoms with Crippen LogP contribution in [0.5, 0.6) is 6.01 Å². The topological polar surface area (TPSA) is 101 Å². The maximum absolute atomic E-state index is 10.6. The number of hydrogen-bond donors (Lipinski definition) is 2. The van der Waals surface area contributed by atoms with E-state index in [2.05, 4.69) is 20.2 Å². The van der Waals surface area contributed by atoms with Crippen molar-refractivity contribution in [2.24, 2.45) is 0 Å². The fourth-order valence-corrected chi connectivity index (χ4v) is 1.13. The zero-order valence-corrected chi connectivity index (χ0v) is 8.34. The third-order valence-electron chi connectivity index (χ3n) is 1.91. The van der Waals surface area contributed by atoms with Crippen LogP contribution in [0.4, 0.5) is 0 Å². The van der Waals surface area contributed by atoms with Crippen molar-refractivity contribution in [1.29, 1.82) is 0 Å². The Morgan fingerprint density at radius 1 is 1.44 bits per heavy atom. The lowest BCUT2D eigenvalue weighted by Crippen LogP contribution is -1.95. The standard InChI is InChI=1S/C9H8N4O3/c1-16-9-10-3-5(4-11-9)6-2-7(8(14)15)13-12-6/h2-4H,1H3,(H,12,13)(H,14,15). The van der Waals surface area contributed by atoms with Gasteiger partial charge in [-0.15, -0.1) is 0 Å². The molecule has 2 rings (SSSR count). The van der Waals surface area contributed by atoms with E-state index in [1.54, 1.807) is 0 Å². The lowest BCUT2D eigenvalue weighted by atomic mass is 10.2. The van der Waals surface area contributed by atoms with E-state index in [4.69, 9.17) is 9.84 Å². The van der Waals surface area contributed by atoms with E-state index in [-0.39, 0.29) is 11.7 Å². The molecule has 82 valence electrons. The lowest BCUT2D eigenvalue weighted by molar-refractivity contribution is 0.0690. The van der Waals surface area contributed by atoms with Crippen molar-refractivity contribution in [2.75, 3.05) is 7.11 Å². The highest BCUT2D eigenvalue weighted by Gasteiger charge is 2.09. The van der Waals surface area contributed by atoms with Crippen LogP contribution < -0.4 is 4.74 Å². The summed E-state index contributed by atoms with van der Waals surface area (Å²) in [5, 5.41) is 14.9. The van der Waals surface area contributed by atoms with E-state index in [0.717, 1.165) is 0 Å². The first-order valence-corrected chi connectivity index (χ1v) is 4.36. The summed E-state index contributed by atoms with van der Waals surface area (Å²) in [4.78, 5) is 18.4. The monoisotopic (exact) mass is 220 g/mol. The minimum atomic E-state index is -1.06. The molecular formula is C9H8N4O3. The van der Waals surface area contributed by atoms with Crippen LogP contribution in [0.25, 0.3) is 11.3 Å². The van der Waals surface area contributed by atoms with Crippen LogP contribution in [0.15, 0.2) is 18.5 Å². The largest absolute Gasteiger partial charge is 0.477 e. The van der Waals surface area contributed by atoms with E-state index >= 15 is 0 Å². The third kappa shape index (κ3) is 1.83. The fraction of sp³-hybridized carbons (Fsp3) is 0.111. The number of methoxy groups -OCH3 is 1. The molecule has 0 saturated carbocycles. The van der Waals surface area contributed by atoms with Gasteiger partial charge in [0.05, 0.1) is 12.8 Å². The summed E-state index contributed by atoms with van der Waals surface area (Å²) in [6, 6.07) is 1.66. The van der Waals surface area contributed by atoms with E-state index in [9.17, 15) is 4.79 Å². The second-order valence-corrected chi connectivity index (χ2v) is 2.93. The van der Waals surface area contributed by atoms with Crippen molar-refractivity contribution >= 4 is 5.97 Å². The molecule has 0 aliphatic carbocycles. The molecule has 0 radical (unpaired) electrons. The number of ether oxygens (including phenoxy) is 1. The first-order chi connectivity index (χ1) is 7.70. The van der Waals surface area contributed by atoms with Gasteiger partial charge in [0, 0.05) is 18.0 Å². The van der Waals surface area contributed by atoms with Gasteiger partial charge in [0.25, 0.3) is 0 Å². The van der Waals surface area contributed by atoms with Gasteiger partial charge in [0.2, 0.25) is 0 Å². The molecule has 0 unspecified atom stereocenters. The number of carbonyl (C=O) groups is 1. The number of carboxylic acid groups (broad SMARTS) is 1. The van der Waals surface area contributed by atoms with Crippen molar-refractivity contribution in [3.8, 4) is 17.3 Å². The zero-order valence-electron chi connectivity index (χ0n) is 8.34. The molecule has 0 bridgehead atoms. The molecule has 7 nitrogen and oxygen atoms in total. The fourth-order valence-electron chi connectivity index (χ4n) is 1.13. The van der Waals surface area contributed by atoms with Gasteiger partial charge >= 0.3 is 12.0 Å². The van der Waals surface area contributed by atoms with Crippen molar-refractivity contribution in [2.45, 2.75) is 0 Å². The van der Waals surface area contributed by atoms with Gasteiger partial charge in [-0.05, 0) is 6.07 Å². The average Bonchev–Trinajstić information content (AvgIpc) is 2.78. The van der Waals surface area contributed by atoms with Gasteiger partial charge in [0.1, 0.15) is 5.69 Å². The van der Waals surface area contributed by atoms with Crippen molar-refractivity contribution in [3.63, 3.8) is 0 Å². The molecule has 0 fully saturated rings. The van der Waals surface area contributed by atoms with Crippen LogP contribution in [0.1, 0.15) is 10.5 Å². The van der Waals surface area contributed by atoms with Crippen molar-refractivity contribution < 1.29 is 14.6 Å². The molecule has 16 heavy (non-hydrogen) atoms. The summed E-state index contributed by atoms with van der Waals surface area (Å²) in [6.07, 6.45) is 3.02. The third-order valence-corrected chi connectivity index (χ3v) is 1.91. The normalized spacial score (nSPS) is 10.1. The Bertz CT molecular complexity index is 506. The minimum absolute atomic E-state index is 0.0193. The van der Waals surface area contributed by atoms with Crippen LogP contribution >= 0.6 is 0 Å². The van der Waals surface area contributed by atoms with E-state index < -0.39 is 5.97 Å². The molecule has 0 saturated heterocycles. The summed E-state index contributed by atoms with van der Waals surface area (Å²) in [7, 11) is 1.46. The first kappa shape index (κ1) is 10.1. The van der Waals surface area contributed by atoms with Crippen molar-refractivity contribution in [3.05, 3.63) is 24.2 Å². The van der Waals surface area contributed by atoms with E-state index in [1.807, 2.05) is 0 Å². The van der Waals surface area contributed by atoms with Crippen LogP contribution in [0.2, 0.25) is 0 Å². The number of carboxylic acids is 1. The zero-order chi connectivity index (χ0) is 11.5. The van der Waals surface area contributed by atoms with Gasteiger partial charge in [-0.2, -0.15) is 5.10 Å². The van der Waals surface area contributed by atoms with Crippen molar-refractivity contribution in [1.82, 2.24) is 20.2 Å². The van der Waals surface area contributed by atoms with E-state index in [0.29, 0.717) is 11.3 Å². The number of nitrogens with zero attached hydrogens (tertiary/aromatic N) is 3. The summed E-state index contributed by atoms with van der Waals surface area (Å²) in [5.41, 5.74) is 1.11. The Labute approximate surface area is 90.1 Å². The Morgan fingerprint density at radius 3 is 2.62 bits per heavy atom. The van der Waals surface area contributed by atoms with Gasteiger partial charge in [-0.3, -0.25) is 5.10 Å². The van der Waals surface area contributed by atoms with Gasteiger partial charge in [0.15, 0.2) is 0 Å². The number of aromatic amines is 1. The van der Waals surface area contributed by atoms with Crippen LogP contribution in [-0.2, 0) is 0 Å². The second kappa shape index (κ2) is 3.97. The Kier molecular flexibility index (Phi) is 2.50. The van der Waals surface area contributed by atoms with Gasteiger partial charge in [-0.1, -0.05) is 0 Å². The molecule has 0 atom stereocenters. The molecule has 0 spiro atoms. The number of rotatable bonds is 3. The molecule has 0 aliphatic rings. The highest BCUT2D eigenvalue weighted by atomic mass is 16.5. The van der Waals surface area contributed by atoms with Crippen LogP contribution in [-0.4, -0.2) is 38.4 Å². The predicted octanol–water partition coefficient (Wildman–Crippen LogP) is 0.573. The average molecular weight is 220 g/mol. The Hall–Kier alpha value is -2.44. The molecule has 0 aromatic carbocycles. The highest BCUT2D eigenvalue weighted by molar-refractivity contribution is 5.86. The molecule has 0 aliphatic heterocycles. The SMILES string of the molecule is COc1ncc(-c2cc(C(=O)O)[nH]n2)cn1. The Balaban J connectivity index is 2.31. The van der Waals surface area contributed by atoms with Gasteiger partial charge in [-0.25, -0.2) is 14.8 Å². The first-order valence-electron chi connectivity index (χ1n) is 4.36. The molecule has 7 heteroatoms.